The summed E-state index contributed by atoms with van der Waals surface area (Å²) in [6.07, 6.45) is 0. The number of rotatable bonds is 5. The number of anilines is 2. The van der Waals surface area contributed by atoms with E-state index in [9.17, 15) is 14.4 Å². The number of benzene rings is 2. The van der Waals surface area contributed by atoms with Gasteiger partial charge in [-0.15, -0.1) is 11.3 Å². The molecule has 2 aromatic carbocycles. The van der Waals surface area contributed by atoms with Gasteiger partial charge < -0.3 is 10.1 Å². The number of hydrogen-bond donors (Lipinski definition) is 2. The molecule has 0 radical (unpaired) electrons. The van der Waals surface area contributed by atoms with E-state index < -0.39 is 17.6 Å². The molecule has 4 aromatic rings. The Bertz CT molecular complexity index is 1470. The molecule has 0 atom stereocenters. The summed E-state index contributed by atoms with van der Waals surface area (Å²) in [5.74, 6) is -0.695. The quantitative estimate of drug-likeness (QED) is 0.294. The molecule has 0 fully saturated rings. The predicted molar refractivity (Wildman–Crippen MR) is 135 cm³/mol. The number of halogens is 3. The van der Waals surface area contributed by atoms with Crippen LogP contribution < -0.4 is 16.2 Å². The van der Waals surface area contributed by atoms with Crippen LogP contribution in [0.3, 0.4) is 0 Å². The Hall–Kier alpha value is -3.11. The fourth-order valence-electron chi connectivity index (χ4n) is 3.09. The highest BCUT2D eigenvalue weighted by molar-refractivity contribution is 7.16. The van der Waals surface area contributed by atoms with Gasteiger partial charge in [-0.25, -0.2) is 9.59 Å². The first-order chi connectivity index (χ1) is 16.3. The average molecular weight is 538 g/mol. The van der Waals surface area contributed by atoms with Crippen molar-refractivity contribution in [3.05, 3.63) is 79.0 Å². The summed E-state index contributed by atoms with van der Waals surface area (Å²) in [4.78, 5) is 38.6. The van der Waals surface area contributed by atoms with Gasteiger partial charge in [-0.2, -0.15) is 9.78 Å². The van der Waals surface area contributed by atoms with Crippen LogP contribution in [0.25, 0.3) is 16.5 Å². The Balaban J connectivity index is 1.77. The Morgan fingerprint density at radius 2 is 1.79 bits per heavy atom. The largest absolute Gasteiger partial charge is 0.461 e. The van der Waals surface area contributed by atoms with Gasteiger partial charge in [0.15, 0.2) is 5.69 Å². The molecule has 8 nitrogen and oxygen atoms in total. The van der Waals surface area contributed by atoms with Crippen molar-refractivity contribution in [3.8, 4) is 5.69 Å². The van der Waals surface area contributed by atoms with E-state index in [0.29, 0.717) is 21.4 Å². The fourth-order valence-corrected chi connectivity index (χ4v) is 4.44. The summed E-state index contributed by atoms with van der Waals surface area (Å²) >= 11 is 18.9. The maximum atomic E-state index is 13.4. The predicted octanol–water partition coefficient (Wildman–Crippen LogP) is 6.23. The molecule has 0 saturated heterocycles. The zero-order chi connectivity index (χ0) is 24.4. The normalized spacial score (nSPS) is 10.8. The van der Waals surface area contributed by atoms with Crippen LogP contribution in [0, 0.1) is 0 Å². The molecule has 2 aromatic heterocycles. The molecule has 0 aliphatic carbocycles. The third kappa shape index (κ3) is 4.88. The number of carbonyl (C=O) groups excluding carboxylic acids is 2. The second kappa shape index (κ2) is 10.0. The van der Waals surface area contributed by atoms with Crippen LogP contribution in [-0.4, -0.2) is 28.4 Å². The van der Waals surface area contributed by atoms with Crippen LogP contribution >= 0.6 is 46.1 Å². The van der Waals surface area contributed by atoms with E-state index in [1.54, 1.807) is 48.7 Å². The summed E-state index contributed by atoms with van der Waals surface area (Å²) in [6, 6.07) is 10.4. The molecular formula is C22H15Cl3N4O4S. The maximum absolute atomic E-state index is 13.4. The molecule has 12 heteroatoms. The Kier molecular flexibility index (Phi) is 7.08. The van der Waals surface area contributed by atoms with Gasteiger partial charge in [-0.1, -0.05) is 34.8 Å². The maximum Gasteiger partial charge on any atom is 0.359 e. The number of carbonyl (C=O) groups is 2. The molecule has 0 spiro atoms. The second-order valence-corrected chi connectivity index (χ2v) is 8.95. The van der Waals surface area contributed by atoms with Gasteiger partial charge in [-0.3, -0.25) is 10.1 Å². The minimum absolute atomic E-state index is 0.0550. The summed E-state index contributed by atoms with van der Waals surface area (Å²) < 4.78 is 6.19. The number of ether oxygens (including phenoxy) is 1. The van der Waals surface area contributed by atoms with E-state index >= 15 is 0 Å². The van der Waals surface area contributed by atoms with Gasteiger partial charge in [0.05, 0.1) is 27.7 Å². The number of amides is 2. The SMILES string of the molecule is CCOC(=O)c1nn(-c2ccc(Cl)cc2)c(=O)c2c(NC(=O)Nc3ccc(Cl)c(Cl)c3)scc12. The van der Waals surface area contributed by atoms with Crippen LogP contribution in [-0.2, 0) is 4.74 Å². The number of thiophene rings is 1. The van der Waals surface area contributed by atoms with Gasteiger partial charge in [0.1, 0.15) is 5.00 Å². The van der Waals surface area contributed by atoms with Crippen LogP contribution in [0.2, 0.25) is 15.1 Å². The number of nitrogens with zero attached hydrogens (tertiary/aromatic N) is 2. The molecule has 0 unspecified atom stereocenters. The highest BCUT2D eigenvalue weighted by atomic mass is 35.5. The monoisotopic (exact) mass is 536 g/mol. The molecule has 34 heavy (non-hydrogen) atoms. The van der Waals surface area contributed by atoms with E-state index in [1.807, 2.05) is 0 Å². The first-order valence-electron chi connectivity index (χ1n) is 9.79. The lowest BCUT2D eigenvalue weighted by Crippen LogP contribution is -2.26. The molecule has 0 aliphatic rings. The molecule has 2 amide bonds. The summed E-state index contributed by atoms with van der Waals surface area (Å²) in [6.45, 7) is 1.79. The summed E-state index contributed by atoms with van der Waals surface area (Å²) in [5.41, 5.74) is 0.205. The number of urea groups is 1. The van der Waals surface area contributed by atoms with Crippen molar-refractivity contribution >= 4 is 79.6 Å². The molecule has 174 valence electrons. The van der Waals surface area contributed by atoms with Gasteiger partial charge in [-0.05, 0) is 49.4 Å². The second-order valence-electron chi connectivity index (χ2n) is 6.82. The number of aromatic nitrogens is 2. The zero-order valence-electron chi connectivity index (χ0n) is 17.4. The lowest BCUT2D eigenvalue weighted by Gasteiger charge is -2.10. The van der Waals surface area contributed by atoms with Gasteiger partial charge in [0.25, 0.3) is 5.56 Å². The van der Waals surface area contributed by atoms with Crippen molar-refractivity contribution in [1.29, 1.82) is 0 Å². The van der Waals surface area contributed by atoms with Crippen molar-refractivity contribution in [2.24, 2.45) is 0 Å². The van der Waals surface area contributed by atoms with Gasteiger partial charge in [0, 0.05) is 21.5 Å². The molecule has 4 rings (SSSR count). The van der Waals surface area contributed by atoms with E-state index in [4.69, 9.17) is 39.5 Å². The average Bonchev–Trinajstić information content (AvgIpc) is 3.21. The van der Waals surface area contributed by atoms with Gasteiger partial charge >= 0.3 is 12.0 Å². The summed E-state index contributed by atoms with van der Waals surface area (Å²) in [7, 11) is 0. The molecule has 0 aliphatic heterocycles. The molecule has 0 saturated carbocycles. The minimum atomic E-state index is -0.695. The standard InChI is InChI=1S/C22H15Cl3N4O4S/c1-2-33-21(31)18-14-10-34-19(27-22(32)26-12-5-8-15(24)16(25)9-12)17(14)20(30)29(28-18)13-6-3-11(23)4-7-13/h3-10H,2H2,1H3,(H2,26,27,32). The lowest BCUT2D eigenvalue weighted by molar-refractivity contribution is 0.0520. The van der Waals surface area contributed by atoms with Crippen LogP contribution in [0.4, 0.5) is 15.5 Å². The van der Waals surface area contributed by atoms with E-state index in [-0.39, 0.29) is 33.1 Å². The van der Waals surface area contributed by atoms with Crippen molar-refractivity contribution in [2.45, 2.75) is 6.92 Å². The van der Waals surface area contributed by atoms with Crippen molar-refractivity contribution in [1.82, 2.24) is 9.78 Å². The highest BCUT2D eigenvalue weighted by Gasteiger charge is 2.23. The summed E-state index contributed by atoms with van der Waals surface area (Å²) in [5, 5.41) is 12.8. The van der Waals surface area contributed by atoms with Gasteiger partial charge in [0.2, 0.25) is 0 Å². The Labute approximate surface area is 212 Å². The van der Waals surface area contributed by atoms with Crippen LogP contribution in [0.5, 0.6) is 0 Å². The van der Waals surface area contributed by atoms with Crippen LogP contribution in [0.1, 0.15) is 17.4 Å². The van der Waals surface area contributed by atoms with Crippen molar-refractivity contribution < 1.29 is 14.3 Å². The Morgan fingerprint density at radius 1 is 1.06 bits per heavy atom. The van der Waals surface area contributed by atoms with Crippen molar-refractivity contribution in [2.75, 3.05) is 17.2 Å². The molecule has 0 bridgehead atoms. The highest BCUT2D eigenvalue weighted by Crippen LogP contribution is 2.31. The number of esters is 1. The lowest BCUT2D eigenvalue weighted by atomic mass is 10.2. The van der Waals surface area contributed by atoms with E-state index in [0.717, 1.165) is 16.0 Å². The third-order valence-electron chi connectivity index (χ3n) is 4.60. The number of hydrogen-bond acceptors (Lipinski definition) is 6. The molecule has 2 heterocycles. The third-order valence-corrected chi connectivity index (χ3v) is 6.48. The fraction of sp³-hybridized carbons (Fsp3) is 0.0909. The smallest absolute Gasteiger partial charge is 0.359 e. The van der Waals surface area contributed by atoms with E-state index in [1.165, 1.54) is 6.07 Å². The molecular weight excluding hydrogens is 523 g/mol. The van der Waals surface area contributed by atoms with Crippen LogP contribution in [0.15, 0.2) is 52.6 Å². The Morgan fingerprint density at radius 3 is 2.47 bits per heavy atom. The van der Waals surface area contributed by atoms with Crippen molar-refractivity contribution in [3.63, 3.8) is 0 Å². The first-order valence-corrected chi connectivity index (χ1v) is 11.8. The first kappa shape index (κ1) is 24.0. The molecule has 2 N–H and O–H groups in total. The minimum Gasteiger partial charge on any atom is -0.461 e. The number of nitrogens with one attached hydrogen (secondary N) is 2. The zero-order valence-corrected chi connectivity index (χ0v) is 20.5. The van der Waals surface area contributed by atoms with E-state index in [2.05, 4.69) is 15.7 Å². The topological polar surface area (TPSA) is 102 Å². The number of fused-ring (bicyclic) bond motifs is 1.